The third-order valence-corrected chi connectivity index (χ3v) is 2.70. The fourth-order valence-electron chi connectivity index (χ4n) is 0.842. The van der Waals surface area contributed by atoms with Crippen molar-refractivity contribution in [1.82, 2.24) is 0 Å². The van der Waals surface area contributed by atoms with Gasteiger partial charge in [-0.05, 0) is 0 Å². The molecular formula is C30H42O18. The normalized spacial score (nSPS) is 7.58. The molecule has 0 atom stereocenters. The first kappa shape index (κ1) is 57.3. The summed E-state index contributed by atoms with van der Waals surface area (Å²) in [4.78, 5) is 76.8. The predicted molar refractivity (Wildman–Crippen MR) is 171 cm³/mol. The second-order valence-electron chi connectivity index (χ2n) is 6.22. The molecule has 0 aliphatic rings. The van der Waals surface area contributed by atoms with Crippen molar-refractivity contribution in [3.05, 3.63) is 101 Å². The summed E-state index contributed by atoms with van der Waals surface area (Å²) in [6, 6.07) is 0. The Kier molecular flexibility index (Phi) is 59.9. The summed E-state index contributed by atoms with van der Waals surface area (Å²) >= 11 is 0. The average molecular weight is 691 g/mol. The highest BCUT2D eigenvalue weighted by Gasteiger charge is 1.96. The third kappa shape index (κ3) is 116. The van der Waals surface area contributed by atoms with E-state index >= 15 is 0 Å². The monoisotopic (exact) mass is 690 g/mol. The third-order valence-electron chi connectivity index (χ3n) is 2.70. The van der Waals surface area contributed by atoms with Gasteiger partial charge in [0.1, 0.15) is 13.2 Å². The standard InChI is InChI=1S/C12H18O6.6C3H4O2/c1-3-11(13)17-9-7-15-5-6-16-8-10-18-12(14)4-2;6*1-2-3(4)5/h3-4H,1-2,5-10H2;6*2H,1H2,(H,4,5). The van der Waals surface area contributed by atoms with Gasteiger partial charge < -0.3 is 49.6 Å². The van der Waals surface area contributed by atoms with Crippen molar-refractivity contribution in [2.75, 3.05) is 39.6 Å². The summed E-state index contributed by atoms with van der Waals surface area (Å²) in [5.74, 6) is -6.84. The Morgan fingerprint density at radius 3 is 0.604 bits per heavy atom. The van der Waals surface area contributed by atoms with Crippen molar-refractivity contribution in [1.29, 1.82) is 0 Å². The van der Waals surface area contributed by atoms with Gasteiger partial charge in [0.2, 0.25) is 0 Å². The number of esters is 2. The van der Waals surface area contributed by atoms with E-state index in [2.05, 4.69) is 62.1 Å². The van der Waals surface area contributed by atoms with E-state index in [9.17, 15) is 38.4 Å². The van der Waals surface area contributed by atoms with Gasteiger partial charge in [0.05, 0.1) is 26.4 Å². The molecule has 0 aromatic rings. The number of aliphatic carboxylic acids is 6. The van der Waals surface area contributed by atoms with Crippen molar-refractivity contribution in [2.45, 2.75) is 0 Å². The van der Waals surface area contributed by atoms with Crippen LogP contribution in [0.4, 0.5) is 0 Å². The minimum atomic E-state index is -0.981. The average Bonchev–Trinajstić information content (AvgIpc) is 3.06. The second kappa shape index (κ2) is 50.2. The molecular weight excluding hydrogens is 648 g/mol. The summed E-state index contributed by atoms with van der Waals surface area (Å²) in [5, 5.41) is 45.6. The van der Waals surface area contributed by atoms with Gasteiger partial charge in [0, 0.05) is 48.6 Å². The lowest BCUT2D eigenvalue weighted by Crippen LogP contribution is -2.13. The van der Waals surface area contributed by atoms with Crippen molar-refractivity contribution in [3.8, 4) is 0 Å². The molecule has 18 heteroatoms. The van der Waals surface area contributed by atoms with Crippen LogP contribution in [0.15, 0.2) is 101 Å². The predicted octanol–water partition coefficient (Wildman–Crippen LogP) is 2.02. The number of carbonyl (C=O) groups excluding carboxylic acids is 2. The Morgan fingerprint density at radius 1 is 0.333 bits per heavy atom. The van der Waals surface area contributed by atoms with E-state index in [0.717, 1.165) is 48.6 Å². The lowest BCUT2D eigenvalue weighted by Gasteiger charge is -2.06. The van der Waals surface area contributed by atoms with Crippen LogP contribution in [0, 0.1) is 0 Å². The summed E-state index contributed by atoms with van der Waals surface area (Å²) < 4.78 is 19.6. The number of carboxylic acid groups (broad SMARTS) is 6. The van der Waals surface area contributed by atoms with Crippen LogP contribution in [0.5, 0.6) is 0 Å². The molecule has 0 aromatic heterocycles. The summed E-state index contributed by atoms with van der Waals surface area (Å²) in [7, 11) is 0. The first-order valence-electron chi connectivity index (χ1n) is 12.2. The van der Waals surface area contributed by atoms with Gasteiger partial charge in [-0.3, -0.25) is 0 Å². The molecule has 0 bridgehead atoms. The van der Waals surface area contributed by atoms with Crippen molar-refractivity contribution in [3.63, 3.8) is 0 Å². The molecule has 0 spiro atoms. The Balaban J connectivity index is -0.0000000922. The lowest BCUT2D eigenvalue weighted by atomic mass is 10.6. The van der Waals surface area contributed by atoms with Crippen molar-refractivity contribution >= 4 is 47.8 Å². The fraction of sp³-hybridized carbons (Fsp3) is 0.200. The van der Waals surface area contributed by atoms with E-state index < -0.39 is 47.8 Å². The molecule has 270 valence electrons. The van der Waals surface area contributed by atoms with Gasteiger partial charge in [-0.2, -0.15) is 0 Å². The molecule has 0 aliphatic heterocycles. The quantitative estimate of drug-likeness (QED) is 0.0722. The first-order valence-corrected chi connectivity index (χ1v) is 12.2. The van der Waals surface area contributed by atoms with Gasteiger partial charge in [-0.15, -0.1) is 0 Å². The molecule has 0 heterocycles. The Labute approximate surface area is 276 Å². The molecule has 0 aromatic carbocycles. The van der Waals surface area contributed by atoms with Crippen molar-refractivity contribution in [2.24, 2.45) is 0 Å². The highest BCUT2D eigenvalue weighted by atomic mass is 16.6. The topological polar surface area (TPSA) is 295 Å². The first-order chi connectivity index (χ1) is 22.3. The zero-order chi connectivity index (χ0) is 39.3. The summed E-state index contributed by atoms with van der Waals surface area (Å²) in [6.45, 7) is 26.0. The SMILES string of the molecule is C=CC(=O)O.C=CC(=O)O.C=CC(=O)O.C=CC(=O)O.C=CC(=O)O.C=CC(=O)O.C=CC(=O)OCCOCCOCCOC(=O)C=C. The fourth-order valence-corrected chi connectivity index (χ4v) is 0.842. The van der Waals surface area contributed by atoms with Gasteiger partial charge >= 0.3 is 47.8 Å². The van der Waals surface area contributed by atoms with E-state index in [4.69, 9.17) is 40.1 Å². The number of ether oxygens (including phenoxy) is 4. The zero-order valence-corrected chi connectivity index (χ0v) is 26.1. The maximum Gasteiger partial charge on any atom is 0.330 e. The number of hydrogen-bond acceptors (Lipinski definition) is 12. The number of rotatable bonds is 17. The minimum Gasteiger partial charge on any atom is -0.478 e. The van der Waals surface area contributed by atoms with Gasteiger partial charge in [-0.25, -0.2) is 38.4 Å². The molecule has 0 saturated heterocycles. The highest BCUT2D eigenvalue weighted by molar-refractivity contribution is 5.82. The molecule has 48 heavy (non-hydrogen) atoms. The molecule has 0 amide bonds. The van der Waals surface area contributed by atoms with E-state index in [1.807, 2.05) is 0 Å². The molecule has 0 saturated carbocycles. The van der Waals surface area contributed by atoms with Crippen LogP contribution in [-0.4, -0.2) is 118 Å². The van der Waals surface area contributed by atoms with Crippen LogP contribution in [-0.2, 0) is 57.3 Å². The lowest BCUT2D eigenvalue weighted by molar-refractivity contribution is -0.141. The zero-order valence-electron chi connectivity index (χ0n) is 26.1. The van der Waals surface area contributed by atoms with Gasteiger partial charge in [0.25, 0.3) is 0 Å². The molecule has 18 nitrogen and oxygen atoms in total. The summed E-state index contributed by atoms with van der Waals surface area (Å²) in [5.41, 5.74) is 0. The van der Waals surface area contributed by atoms with E-state index in [0.29, 0.717) is 26.4 Å². The van der Waals surface area contributed by atoms with E-state index in [1.54, 1.807) is 0 Å². The van der Waals surface area contributed by atoms with Gasteiger partial charge in [-0.1, -0.05) is 52.6 Å². The minimum absolute atomic E-state index is 0.182. The van der Waals surface area contributed by atoms with Crippen LogP contribution < -0.4 is 0 Å². The Morgan fingerprint density at radius 2 is 0.479 bits per heavy atom. The molecule has 0 fully saturated rings. The van der Waals surface area contributed by atoms with Crippen LogP contribution in [0.3, 0.4) is 0 Å². The highest BCUT2D eigenvalue weighted by Crippen LogP contribution is 1.84. The van der Waals surface area contributed by atoms with Crippen LogP contribution in [0.25, 0.3) is 0 Å². The number of carbonyl (C=O) groups is 8. The maximum absolute atomic E-state index is 10.6. The number of carboxylic acids is 6. The van der Waals surface area contributed by atoms with Crippen LogP contribution >= 0.6 is 0 Å². The van der Waals surface area contributed by atoms with Crippen molar-refractivity contribution < 1.29 is 87.9 Å². The maximum atomic E-state index is 10.6. The smallest absolute Gasteiger partial charge is 0.330 e. The number of hydrogen-bond donors (Lipinski definition) is 6. The molecule has 0 aliphatic carbocycles. The van der Waals surface area contributed by atoms with Crippen LogP contribution in [0.1, 0.15) is 0 Å². The second-order valence-corrected chi connectivity index (χ2v) is 6.22. The Hall–Kier alpha value is -6.40. The molecule has 0 rings (SSSR count). The van der Waals surface area contributed by atoms with Crippen LogP contribution in [0.2, 0.25) is 0 Å². The Bertz CT molecular complexity index is 873. The van der Waals surface area contributed by atoms with Gasteiger partial charge in [0.15, 0.2) is 0 Å². The summed E-state index contributed by atoms with van der Waals surface area (Å²) in [6.07, 6.45) is 7.18. The largest absolute Gasteiger partial charge is 0.478 e. The van der Waals surface area contributed by atoms with E-state index in [-0.39, 0.29) is 13.2 Å². The van der Waals surface area contributed by atoms with E-state index in [1.165, 1.54) is 0 Å². The molecule has 0 radical (unpaired) electrons. The molecule has 6 N–H and O–H groups in total. The molecule has 0 unspecified atom stereocenters.